The van der Waals surface area contributed by atoms with Crippen molar-refractivity contribution < 1.29 is 9.15 Å². The van der Waals surface area contributed by atoms with Crippen LogP contribution in [0.15, 0.2) is 173 Å². The maximum absolute atomic E-state index is 6.82. The first-order chi connectivity index (χ1) is 25.1. The molecule has 0 bridgehead atoms. The Labute approximate surface area is 302 Å². The van der Waals surface area contributed by atoms with Crippen molar-refractivity contribution in [3.05, 3.63) is 191 Å². The molecule has 1 aliphatic heterocycles. The van der Waals surface area contributed by atoms with Gasteiger partial charge in [0.1, 0.15) is 11.5 Å². The summed E-state index contributed by atoms with van der Waals surface area (Å²) in [4.78, 5) is 0. The number of ether oxygens (including phenoxy) is 1. The van der Waals surface area contributed by atoms with E-state index in [1.54, 1.807) is 0 Å². The predicted molar refractivity (Wildman–Crippen MR) is 212 cm³/mol. The van der Waals surface area contributed by atoms with Gasteiger partial charge in [-0.05, 0) is 96.9 Å². The minimum absolute atomic E-state index is 0.535. The minimum atomic E-state index is 0.535. The summed E-state index contributed by atoms with van der Waals surface area (Å²) in [5, 5.41) is 0. The van der Waals surface area contributed by atoms with Crippen LogP contribution in [-0.4, -0.2) is 0 Å². The Morgan fingerprint density at radius 2 is 1.27 bits per heavy atom. The number of allylic oxidation sites excluding steroid dienone is 8. The highest BCUT2D eigenvalue weighted by atomic mass is 16.5. The topological polar surface area (TPSA) is 20.5 Å². The number of benzene rings is 4. The lowest BCUT2D eigenvalue weighted by Gasteiger charge is -2.32. The molecule has 0 spiro atoms. The summed E-state index contributed by atoms with van der Waals surface area (Å²) in [6.07, 6.45) is 15.2. The standard InChI is InChI=1S/C49H45O2/c1-34-28-40(48-44(30-34)42(36-18-8-3-9-19-36)32-46(50-48)38-22-12-5-13-23-38)26-16-7-17-27-41-29-35(2)31-45-43(37-20-10-4-11-21-37)33-47(51-49(41)45)39-24-14-6-15-25-39/h3-16,18-26,32-35H,17,27-31H2,1-2H3/q+1/b16-7?,40-26+. The zero-order chi connectivity index (χ0) is 34.6. The zero-order valence-corrected chi connectivity index (χ0v) is 29.6. The Morgan fingerprint density at radius 3 is 1.96 bits per heavy atom. The molecular weight excluding hydrogens is 621 g/mol. The SMILES string of the molecule is CC1CC(CCC=C/C=C2\CC(C)Cc3c(-c4ccccc4)cc(-c4ccccc4)[o+]c32)=C2OC(c3ccccc3)=CC(c3ccccc3)=C2C1. The van der Waals surface area contributed by atoms with E-state index in [2.05, 4.69) is 166 Å². The Kier molecular flexibility index (Phi) is 9.49. The Morgan fingerprint density at radius 1 is 0.667 bits per heavy atom. The van der Waals surface area contributed by atoms with Gasteiger partial charge in [-0.15, -0.1) is 0 Å². The summed E-state index contributed by atoms with van der Waals surface area (Å²) < 4.78 is 13.6. The largest absolute Gasteiger partial charge is 0.456 e. The molecule has 1 aromatic heterocycles. The second-order valence-corrected chi connectivity index (χ2v) is 14.4. The van der Waals surface area contributed by atoms with Crippen LogP contribution >= 0.6 is 0 Å². The molecule has 2 heteroatoms. The Hall–Kier alpha value is -5.47. The highest BCUT2D eigenvalue weighted by Crippen LogP contribution is 2.46. The number of rotatable bonds is 8. The summed E-state index contributed by atoms with van der Waals surface area (Å²) in [5.74, 6) is 5.07. The first-order valence-electron chi connectivity index (χ1n) is 18.5. The quantitative estimate of drug-likeness (QED) is 0.154. The molecule has 2 heterocycles. The summed E-state index contributed by atoms with van der Waals surface area (Å²) in [6, 6.07) is 44.8. The van der Waals surface area contributed by atoms with Gasteiger partial charge in [-0.1, -0.05) is 135 Å². The molecule has 8 rings (SSSR count). The minimum Gasteiger partial charge on any atom is -0.456 e. The molecule has 0 fully saturated rings. The van der Waals surface area contributed by atoms with E-state index in [0.29, 0.717) is 11.8 Å². The lowest BCUT2D eigenvalue weighted by Crippen LogP contribution is -2.16. The molecule has 2 aliphatic carbocycles. The van der Waals surface area contributed by atoms with E-state index in [-0.39, 0.29) is 0 Å². The van der Waals surface area contributed by atoms with E-state index >= 15 is 0 Å². The Balaban J connectivity index is 1.10. The zero-order valence-electron chi connectivity index (χ0n) is 29.6. The van der Waals surface area contributed by atoms with E-state index in [0.717, 1.165) is 72.7 Å². The summed E-state index contributed by atoms with van der Waals surface area (Å²) in [6.45, 7) is 4.73. The fraction of sp³-hybridized carbons (Fsp3) is 0.204. The van der Waals surface area contributed by atoms with E-state index in [4.69, 9.17) is 9.15 Å². The second kappa shape index (κ2) is 14.8. The van der Waals surface area contributed by atoms with Crippen molar-refractivity contribution in [2.75, 3.05) is 0 Å². The van der Waals surface area contributed by atoms with Gasteiger partial charge in [-0.3, -0.25) is 0 Å². The van der Waals surface area contributed by atoms with Crippen LogP contribution in [0.4, 0.5) is 0 Å². The molecule has 0 amide bonds. The summed E-state index contributed by atoms with van der Waals surface area (Å²) >= 11 is 0. The van der Waals surface area contributed by atoms with Crippen molar-refractivity contribution in [2.45, 2.75) is 52.4 Å². The van der Waals surface area contributed by atoms with Crippen LogP contribution in [0, 0.1) is 11.8 Å². The number of hydrogen-bond acceptors (Lipinski definition) is 1. The maximum Gasteiger partial charge on any atom is 0.361 e. The van der Waals surface area contributed by atoms with E-state index in [9.17, 15) is 0 Å². The first kappa shape index (κ1) is 32.7. The van der Waals surface area contributed by atoms with Crippen molar-refractivity contribution >= 4 is 16.9 Å². The number of fused-ring (bicyclic) bond motifs is 2. The molecule has 5 aromatic rings. The van der Waals surface area contributed by atoms with Gasteiger partial charge in [-0.2, -0.15) is 0 Å². The van der Waals surface area contributed by atoms with Gasteiger partial charge in [-0.25, -0.2) is 4.42 Å². The smallest absolute Gasteiger partial charge is 0.361 e. The summed E-state index contributed by atoms with van der Waals surface area (Å²) in [5.41, 5.74) is 12.6. The molecule has 252 valence electrons. The molecule has 0 saturated heterocycles. The van der Waals surface area contributed by atoms with E-state index < -0.39 is 0 Å². The van der Waals surface area contributed by atoms with Crippen LogP contribution in [0.25, 0.3) is 39.4 Å². The van der Waals surface area contributed by atoms with Crippen molar-refractivity contribution in [3.63, 3.8) is 0 Å². The third-order valence-electron chi connectivity index (χ3n) is 10.4. The number of hydrogen-bond donors (Lipinski definition) is 0. The fourth-order valence-corrected chi connectivity index (χ4v) is 7.99. The second-order valence-electron chi connectivity index (χ2n) is 14.4. The van der Waals surface area contributed by atoms with Crippen LogP contribution in [0.5, 0.6) is 0 Å². The first-order valence-corrected chi connectivity index (χ1v) is 18.5. The molecule has 4 aromatic carbocycles. The lowest BCUT2D eigenvalue weighted by atomic mass is 9.79. The van der Waals surface area contributed by atoms with Crippen LogP contribution < -0.4 is 0 Å². The van der Waals surface area contributed by atoms with Gasteiger partial charge < -0.3 is 4.74 Å². The molecule has 0 radical (unpaired) electrons. The van der Waals surface area contributed by atoms with Gasteiger partial charge in [0.2, 0.25) is 0 Å². The van der Waals surface area contributed by atoms with Crippen molar-refractivity contribution in [1.29, 1.82) is 0 Å². The van der Waals surface area contributed by atoms with Gasteiger partial charge in [0.15, 0.2) is 0 Å². The van der Waals surface area contributed by atoms with Crippen molar-refractivity contribution in [2.24, 2.45) is 11.8 Å². The Bertz CT molecular complexity index is 2170. The highest BCUT2D eigenvalue weighted by molar-refractivity contribution is 5.88. The van der Waals surface area contributed by atoms with E-state index in [1.165, 1.54) is 44.5 Å². The van der Waals surface area contributed by atoms with Gasteiger partial charge in [0, 0.05) is 16.7 Å². The van der Waals surface area contributed by atoms with Crippen LogP contribution in [-0.2, 0) is 11.2 Å². The summed E-state index contributed by atoms with van der Waals surface area (Å²) in [7, 11) is 0. The average Bonchev–Trinajstić information content (AvgIpc) is 3.18. The van der Waals surface area contributed by atoms with Crippen LogP contribution in [0.2, 0.25) is 0 Å². The normalized spacial score (nSPS) is 19.5. The molecule has 0 N–H and O–H groups in total. The molecule has 2 nitrogen and oxygen atoms in total. The fourth-order valence-electron chi connectivity index (χ4n) is 7.99. The van der Waals surface area contributed by atoms with Crippen LogP contribution in [0.1, 0.15) is 68.4 Å². The molecule has 51 heavy (non-hydrogen) atoms. The molecule has 0 saturated carbocycles. The van der Waals surface area contributed by atoms with Crippen molar-refractivity contribution in [3.8, 4) is 22.5 Å². The van der Waals surface area contributed by atoms with Gasteiger partial charge in [0.25, 0.3) is 0 Å². The predicted octanol–water partition coefficient (Wildman–Crippen LogP) is 13.4. The molecule has 2 unspecified atom stereocenters. The monoisotopic (exact) mass is 665 g/mol. The van der Waals surface area contributed by atoms with Crippen molar-refractivity contribution in [1.82, 2.24) is 0 Å². The van der Waals surface area contributed by atoms with Crippen LogP contribution in [0.3, 0.4) is 0 Å². The molecule has 3 aliphatic rings. The highest BCUT2D eigenvalue weighted by Gasteiger charge is 2.34. The average molecular weight is 666 g/mol. The van der Waals surface area contributed by atoms with E-state index in [1.807, 2.05) is 0 Å². The lowest BCUT2D eigenvalue weighted by molar-refractivity contribution is 0.351. The maximum atomic E-state index is 6.82. The third kappa shape index (κ3) is 7.10. The van der Waals surface area contributed by atoms with Gasteiger partial charge in [0.05, 0.1) is 22.8 Å². The molecular formula is C49H45O2+. The molecule has 2 atom stereocenters. The third-order valence-corrected chi connectivity index (χ3v) is 10.4. The van der Waals surface area contributed by atoms with Gasteiger partial charge >= 0.3 is 11.5 Å².